The third-order valence-electron chi connectivity index (χ3n) is 3.78. The van der Waals surface area contributed by atoms with Gasteiger partial charge in [-0.15, -0.1) is 0 Å². The van der Waals surface area contributed by atoms with Crippen molar-refractivity contribution >= 4 is 23.5 Å². The second-order valence-electron chi connectivity index (χ2n) is 6.06. The van der Waals surface area contributed by atoms with Gasteiger partial charge in [0.05, 0.1) is 13.2 Å². The first-order valence-corrected chi connectivity index (χ1v) is 9.23. The van der Waals surface area contributed by atoms with Crippen molar-refractivity contribution < 1.29 is 29.0 Å². The van der Waals surface area contributed by atoms with Gasteiger partial charge in [0.1, 0.15) is 18.0 Å². The highest BCUT2D eigenvalue weighted by Gasteiger charge is 2.08. The normalized spacial score (nSPS) is 10.1. The number of rotatable bonds is 11. The molecular formula is C21H24N2O6. The zero-order valence-corrected chi connectivity index (χ0v) is 16.1. The topological polar surface area (TPSA) is 114 Å². The predicted octanol–water partition coefficient (Wildman–Crippen LogP) is 2.70. The lowest BCUT2D eigenvalue weighted by Gasteiger charge is -2.09. The van der Waals surface area contributed by atoms with Gasteiger partial charge in [-0.05, 0) is 61.9 Å². The zero-order valence-electron chi connectivity index (χ0n) is 16.1. The average Bonchev–Trinajstić information content (AvgIpc) is 2.71. The third-order valence-corrected chi connectivity index (χ3v) is 3.78. The molecule has 0 heterocycles. The van der Waals surface area contributed by atoms with E-state index in [-0.39, 0.29) is 12.3 Å². The number of carbonyl (C=O) groups is 3. The first kappa shape index (κ1) is 21.7. The summed E-state index contributed by atoms with van der Waals surface area (Å²) in [6, 6.07) is 13.5. The molecular weight excluding hydrogens is 376 g/mol. The van der Waals surface area contributed by atoms with Crippen molar-refractivity contribution in [1.82, 2.24) is 5.32 Å². The highest BCUT2D eigenvalue weighted by molar-refractivity contribution is 5.97. The van der Waals surface area contributed by atoms with Gasteiger partial charge in [0.2, 0.25) is 5.91 Å². The number of carboxylic acids is 1. The Kier molecular flexibility index (Phi) is 8.50. The van der Waals surface area contributed by atoms with Crippen molar-refractivity contribution in [3.8, 4) is 11.5 Å². The van der Waals surface area contributed by atoms with E-state index in [0.717, 1.165) is 5.75 Å². The number of aliphatic carboxylic acids is 1. The molecule has 2 aromatic carbocycles. The number of anilines is 1. The van der Waals surface area contributed by atoms with Gasteiger partial charge in [-0.3, -0.25) is 14.4 Å². The number of amides is 2. The van der Waals surface area contributed by atoms with Crippen LogP contribution in [0.3, 0.4) is 0 Å². The summed E-state index contributed by atoms with van der Waals surface area (Å²) >= 11 is 0. The molecule has 0 radical (unpaired) electrons. The van der Waals surface area contributed by atoms with Gasteiger partial charge in [0.25, 0.3) is 5.91 Å². The Balaban J connectivity index is 1.69. The summed E-state index contributed by atoms with van der Waals surface area (Å²) in [6.45, 7) is 2.49. The molecule has 0 saturated carbocycles. The fraction of sp³-hybridized carbons (Fsp3) is 0.286. The minimum absolute atomic E-state index is 0.164. The van der Waals surface area contributed by atoms with Crippen molar-refractivity contribution in [3.05, 3.63) is 54.1 Å². The lowest BCUT2D eigenvalue weighted by Crippen LogP contribution is -2.29. The van der Waals surface area contributed by atoms with Crippen LogP contribution in [0.1, 0.15) is 30.1 Å². The fourth-order valence-electron chi connectivity index (χ4n) is 2.41. The molecule has 0 atom stereocenters. The number of hydrogen-bond donors (Lipinski definition) is 3. The van der Waals surface area contributed by atoms with E-state index < -0.39 is 18.4 Å². The van der Waals surface area contributed by atoms with Crippen LogP contribution in [-0.2, 0) is 9.59 Å². The number of nitrogens with one attached hydrogen (secondary N) is 2. The third kappa shape index (κ3) is 7.92. The van der Waals surface area contributed by atoms with Crippen LogP contribution in [-0.4, -0.2) is 42.6 Å². The van der Waals surface area contributed by atoms with Crippen LogP contribution in [0.25, 0.3) is 0 Å². The lowest BCUT2D eigenvalue weighted by molar-refractivity contribution is -0.135. The van der Waals surface area contributed by atoms with E-state index in [2.05, 4.69) is 10.6 Å². The van der Waals surface area contributed by atoms with E-state index in [9.17, 15) is 14.4 Å². The second-order valence-corrected chi connectivity index (χ2v) is 6.06. The number of hydrogen-bond acceptors (Lipinski definition) is 5. The van der Waals surface area contributed by atoms with E-state index in [0.29, 0.717) is 36.6 Å². The van der Waals surface area contributed by atoms with Gasteiger partial charge in [-0.1, -0.05) is 0 Å². The predicted molar refractivity (Wildman–Crippen MR) is 107 cm³/mol. The lowest BCUT2D eigenvalue weighted by atomic mass is 10.2. The van der Waals surface area contributed by atoms with Crippen molar-refractivity contribution in [2.24, 2.45) is 0 Å². The van der Waals surface area contributed by atoms with Crippen LogP contribution < -0.4 is 20.1 Å². The number of carbonyl (C=O) groups excluding carboxylic acids is 2. The van der Waals surface area contributed by atoms with Gasteiger partial charge in [-0.2, -0.15) is 0 Å². The molecule has 2 aromatic rings. The van der Waals surface area contributed by atoms with Crippen LogP contribution in [0.2, 0.25) is 0 Å². The van der Waals surface area contributed by atoms with Gasteiger partial charge >= 0.3 is 5.97 Å². The molecule has 0 aliphatic rings. The summed E-state index contributed by atoms with van der Waals surface area (Å²) in [5, 5.41) is 13.6. The Hall–Kier alpha value is -3.55. The summed E-state index contributed by atoms with van der Waals surface area (Å²) < 4.78 is 11.0. The minimum atomic E-state index is -1.12. The van der Waals surface area contributed by atoms with Crippen LogP contribution in [0.15, 0.2) is 48.5 Å². The van der Waals surface area contributed by atoms with Crippen molar-refractivity contribution in [2.75, 3.05) is 25.1 Å². The summed E-state index contributed by atoms with van der Waals surface area (Å²) in [5.74, 6) is -0.274. The molecule has 2 rings (SSSR count). The van der Waals surface area contributed by atoms with Gasteiger partial charge in [-0.25, -0.2) is 0 Å². The monoisotopic (exact) mass is 400 g/mol. The molecule has 0 aliphatic carbocycles. The van der Waals surface area contributed by atoms with Crippen LogP contribution in [0.4, 0.5) is 5.69 Å². The van der Waals surface area contributed by atoms with Gasteiger partial charge < -0.3 is 25.2 Å². The van der Waals surface area contributed by atoms with Crippen molar-refractivity contribution in [2.45, 2.75) is 19.8 Å². The molecule has 0 aliphatic heterocycles. The Morgan fingerprint density at radius 2 is 1.55 bits per heavy atom. The van der Waals surface area contributed by atoms with E-state index in [1.54, 1.807) is 12.1 Å². The molecule has 0 aromatic heterocycles. The van der Waals surface area contributed by atoms with Gasteiger partial charge in [0, 0.05) is 17.7 Å². The molecule has 2 amide bonds. The fourth-order valence-corrected chi connectivity index (χ4v) is 2.41. The van der Waals surface area contributed by atoms with Crippen LogP contribution in [0.5, 0.6) is 11.5 Å². The quantitative estimate of drug-likeness (QED) is 0.500. The summed E-state index contributed by atoms with van der Waals surface area (Å²) in [6.07, 6.45) is 0.840. The van der Waals surface area contributed by atoms with Crippen molar-refractivity contribution in [1.29, 1.82) is 0 Å². The summed E-state index contributed by atoms with van der Waals surface area (Å²) in [7, 11) is 0. The maximum absolute atomic E-state index is 12.0. The Labute approximate surface area is 168 Å². The zero-order chi connectivity index (χ0) is 21.1. The van der Waals surface area contributed by atoms with Crippen molar-refractivity contribution in [3.63, 3.8) is 0 Å². The highest BCUT2D eigenvalue weighted by Crippen LogP contribution is 2.18. The van der Waals surface area contributed by atoms with E-state index >= 15 is 0 Å². The molecule has 0 bridgehead atoms. The average molecular weight is 400 g/mol. The maximum Gasteiger partial charge on any atom is 0.322 e. The molecule has 0 saturated heterocycles. The van der Waals surface area contributed by atoms with Crippen LogP contribution in [0, 0.1) is 0 Å². The molecule has 3 N–H and O–H groups in total. The van der Waals surface area contributed by atoms with E-state index in [4.69, 9.17) is 14.6 Å². The van der Waals surface area contributed by atoms with Gasteiger partial charge in [0.15, 0.2) is 0 Å². The molecule has 8 heteroatoms. The van der Waals surface area contributed by atoms with E-state index in [1.807, 2.05) is 31.2 Å². The molecule has 154 valence electrons. The Bertz CT molecular complexity index is 818. The Morgan fingerprint density at radius 3 is 2.14 bits per heavy atom. The summed E-state index contributed by atoms with van der Waals surface area (Å²) in [5.41, 5.74) is 0.866. The maximum atomic E-state index is 12.0. The number of carboxylic acid groups (broad SMARTS) is 1. The molecule has 0 unspecified atom stereocenters. The summed E-state index contributed by atoms with van der Waals surface area (Å²) in [4.78, 5) is 34.2. The van der Waals surface area contributed by atoms with E-state index in [1.165, 1.54) is 12.1 Å². The molecule has 8 nitrogen and oxygen atoms in total. The smallest absolute Gasteiger partial charge is 0.322 e. The minimum Gasteiger partial charge on any atom is -0.494 e. The van der Waals surface area contributed by atoms with Crippen LogP contribution >= 0.6 is 0 Å². The Morgan fingerprint density at radius 1 is 0.931 bits per heavy atom. The molecule has 29 heavy (non-hydrogen) atoms. The molecule has 0 spiro atoms. The SMILES string of the molecule is CCOc1ccc(OCCCC(=O)Nc2ccc(C(=O)NCC(=O)O)cc2)cc1. The largest absolute Gasteiger partial charge is 0.494 e. The first-order valence-electron chi connectivity index (χ1n) is 9.23. The second kappa shape index (κ2) is 11.3. The molecule has 0 fully saturated rings. The number of ether oxygens (including phenoxy) is 2. The first-order chi connectivity index (χ1) is 14.0. The number of benzene rings is 2. The highest BCUT2D eigenvalue weighted by atomic mass is 16.5. The standard InChI is InChI=1S/C21H24N2O6/c1-2-28-17-9-11-18(12-10-17)29-13-3-4-19(24)23-16-7-5-15(6-8-16)21(27)22-14-20(25)26/h5-12H,2-4,13-14H2,1H3,(H,22,27)(H,23,24)(H,25,26).